The van der Waals surface area contributed by atoms with Crippen LogP contribution in [0.3, 0.4) is 0 Å². The van der Waals surface area contributed by atoms with Crippen LogP contribution in [0.1, 0.15) is 24.9 Å². The number of sulfonamides is 1. The number of nitrogens with zero attached hydrogens (tertiary/aromatic N) is 2. The molecule has 110 valence electrons. The first-order valence-corrected chi connectivity index (χ1v) is 7.73. The van der Waals surface area contributed by atoms with Crippen molar-refractivity contribution in [1.29, 1.82) is 0 Å². The Bertz CT molecular complexity index is 620. The Kier molecular flexibility index (Phi) is 4.88. The molecule has 0 spiro atoms. The van der Waals surface area contributed by atoms with E-state index in [1.54, 1.807) is 6.07 Å². The summed E-state index contributed by atoms with van der Waals surface area (Å²) in [6.07, 6.45) is 3.64. The fourth-order valence-electron chi connectivity index (χ4n) is 1.59. The molecule has 2 aromatic rings. The summed E-state index contributed by atoms with van der Waals surface area (Å²) in [5, 5.41) is 6.73. The summed E-state index contributed by atoms with van der Waals surface area (Å²) in [5.41, 5.74) is 0.818. The number of aromatic nitrogens is 3. The van der Waals surface area contributed by atoms with Crippen molar-refractivity contribution in [1.82, 2.24) is 25.2 Å². The summed E-state index contributed by atoms with van der Waals surface area (Å²) < 4.78 is 31.0. The first kappa shape index (κ1) is 14.7. The molecule has 0 saturated carbocycles. The van der Waals surface area contributed by atoms with Gasteiger partial charge in [-0.1, -0.05) is 12.1 Å². The van der Waals surface area contributed by atoms with Crippen molar-refractivity contribution in [2.24, 2.45) is 0 Å². The summed E-state index contributed by atoms with van der Waals surface area (Å²) in [6.45, 7) is 3.55. The molecule has 0 radical (unpaired) electrons. The molecule has 0 aliphatic carbocycles. The second kappa shape index (κ2) is 6.64. The average Bonchev–Trinajstić information content (AvgIpc) is 3.08. The molecule has 0 aliphatic rings. The van der Waals surface area contributed by atoms with Gasteiger partial charge in [-0.25, -0.2) is 13.1 Å². The average molecular weight is 299 g/mol. The Labute approximate surface area is 117 Å². The summed E-state index contributed by atoms with van der Waals surface area (Å²) in [4.78, 5) is 6.87. The third kappa shape index (κ3) is 3.89. The highest BCUT2D eigenvalue weighted by molar-refractivity contribution is 7.89. The Hall–Kier alpha value is -1.71. The van der Waals surface area contributed by atoms with Crippen molar-refractivity contribution in [3.8, 4) is 0 Å². The third-order valence-electron chi connectivity index (χ3n) is 2.60. The molecular formula is C11H17N5O3S. The summed E-state index contributed by atoms with van der Waals surface area (Å²) in [7, 11) is -3.58. The van der Waals surface area contributed by atoms with Gasteiger partial charge in [0.25, 0.3) is 0 Å². The number of aromatic amines is 1. The lowest BCUT2D eigenvalue weighted by Gasteiger charge is -2.01. The highest BCUT2D eigenvalue weighted by atomic mass is 32.2. The molecule has 0 fully saturated rings. The highest BCUT2D eigenvalue weighted by Gasteiger charge is 2.16. The zero-order valence-electron chi connectivity index (χ0n) is 11.1. The quantitative estimate of drug-likeness (QED) is 0.607. The van der Waals surface area contributed by atoms with Crippen LogP contribution in [-0.2, 0) is 23.1 Å². The van der Waals surface area contributed by atoms with E-state index in [1.807, 2.05) is 0 Å². The molecule has 0 atom stereocenters. The van der Waals surface area contributed by atoms with Gasteiger partial charge in [0, 0.05) is 18.4 Å². The zero-order chi connectivity index (χ0) is 14.4. The zero-order valence-corrected chi connectivity index (χ0v) is 11.9. The fraction of sp³-hybridized carbons (Fsp3) is 0.455. The Morgan fingerprint density at radius 3 is 2.95 bits per heavy atom. The number of hydrogen-bond donors (Lipinski definition) is 3. The van der Waals surface area contributed by atoms with Crippen LogP contribution < -0.4 is 10.0 Å². The molecule has 0 aromatic carbocycles. The smallest absolute Gasteiger partial charge is 0.242 e. The van der Waals surface area contributed by atoms with Gasteiger partial charge in [-0.2, -0.15) is 4.98 Å². The predicted octanol–water partition coefficient (Wildman–Crippen LogP) is 0.376. The Morgan fingerprint density at radius 1 is 1.40 bits per heavy atom. The minimum atomic E-state index is -3.58. The summed E-state index contributed by atoms with van der Waals surface area (Å²) in [5.74, 6) is 0.286. The maximum absolute atomic E-state index is 12.0. The molecule has 0 aliphatic heterocycles. The topological polar surface area (TPSA) is 113 Å². The molecular weight excluding hydrogens is 282 g/mol. The van der Waals surface area contributed by atoms with Gasteiger partial charge < -0.3 is 14.8 Å². The van der Waals surface area contributed by atoms with Crippen LogP contribution >= 0.6 is 0 Å². The lowest BCUT2D eigenvalue weighted by Crippen LogP contribution is -2.23. The van der Waals surface area contributed by atoms with E-state index < -0.39 is 10.0 Å². The van der Waals surface area contributed by atoms with Gasteiger partial charge in [-0.15, -0.1) is 0 Å². The van der Waals surface area contributed by atoms with Gasteiger partial charge in [0.15, 0.2) is 5.82 Å². The number of H-pyrrole nitrogens is 1. The molecule has 8 nitrogen and oxygen atoms in total. The van der Waals surface area contributed by atoms with Gasteiger partial charge >= 0.3 is 0 Å². The highest BCUT2D eigenvalue weighted by Crippen LogP contribution is 2.10. The SMILES string of the molecule is CCCNCc1cc(S(=O)(=O)NCc2ncon2)c[nH]1. The van der Waals surface area contributed by atoms with Crippen LogP contribution in [0, 0.1) is 0 Å². The summed E-state index contributed by atoms with van der Waals surface area (Å²) in [6, 6.07) is 1.60. The van der Waals surface area contributed by atoms with E-state index in [4.69, 9.17) is 0 Å². The van der Waals surface area contributed by atoms with Crippen molar-refractivity contribution in [3.05, 3.63) is 30.2 Å². The van der Waals surface area contributed by atoms with Crippen molar-refractivity contribution < 1.29 is 12.9 Å². The van der Waals surface area contributed by atoms with E-state index in [-0.39, 0.29) is 17.3 Å². The van der Waals surface area contributed by atoms with Crippen LogP contribution in [0.2, 0.25) is 0 Å². The largest absolute Gasteiger partial charge is 0.363 e. The maximum atomic E-state index is 12.0. The van der Waals surface area contributed by atoms with Crippen LogP contribution in [0.25, 0.3) is 0 Å². The number of nitrogens with one attached hydrogen (secondary N) is 3. The van der Waals surface area contributed by atoms with E-state index in [2.05, 4.69) is 36.6 Å². The second-order valence-electron chi connectivity index (χ2n) is 4.21. The second-order valence-corrected chi connectivity index (χ2v) is 5.98. The summed E-state index contributed by atoms with van der Waals surface area (Å²) >= 11 is 0. The van der Waals surface area contributed by atoms with Gasteiger partial charge in [0.05, 0.1) is 11.4 Å². The first-order valence-electron chi connectivity index (χ1n) is 6.24. The molecule has 0 bridgehead atoms. The molecule has 0 saturated heterocycles. The van der Waals surface area contributed by atoms with Crippen LogP contribution in [0.4, 0.5) is 0 Å². The van der Waals surface area contributed by atoms with Crippen molar-refractivity contribution >= 4 is 10.0 Å². The maximum Gasteiger partial charge on any atom is 0.242 e. The van der Waals surface area contributed by atoms with Crippen LogP contribution in [-0.4, -0.2) is 30.1 Å². The lowest BCUT2D eigenvalue weighted by atomic mass is 10.4. The van der Waals surface area contributed by atoms with Gasteiger partial charge in [0.2, 0.25) is 16.4 Å². The first-order chi connectivity index (χ1) is 9.62. The normalized spacial score (nSPS) is 11.8. The molecule has 3 N–H and O–H groups in total. The molecule has 0 unspecified atom stereocenters. The Balaban J connectivity index is 1.95. The third-order valence-corrected chi connectivity index (χ3v) is 3.98. The van der Waals surface area contributed by atoms with Crippen LogP contribution in [0.15, 0.2) is 28.1 Å². The molecule has 0 amide bonds. The molecule has 9 heteroatoms. The monoisotopic (exact) mass is 299 g/mol. The standard InChI is InChI=1S/C11H17N5O3S/c1-2-3-12-5-9-4-10(6-13-9)20(17,18)15-7-11-14-8-19-16-11/h4,6,8,12-13,15H,2-3,5,7H2,1H3. The fourth-order valence-corrected chi connectivity index (χ4v) is 2.59. The van der Waals surface area contributed by atoms with E-state index in [0.717, 1.165) is 25.1 Å². The molecule has 2 rings (SSSR count). The lowest BCUT2D eigenvalue weighted by molar-refractivity contribution is 0.409. The molecule has 2 heterocycles. The van der Waals surface area contributed by atoms with Crippen molar-refractivity contribution in [3.63, 3.8) is 0 Å². The van der Waals surface area contributed by atoms with E-state index in [1.165, 1.54) is 6.20 Å². The molecule has 2 aromatic heterocycles. The number of rotatable bonds is 8. The van der Waals surface area contributed by atoms with E-state index >= 15 is 0 Å². The van der Waals surface area contributed by atoms with Crippen molar-refractivity contribution in [2.45, 2.75) is 31.3 Å². The van der Waals surface area contributed by atoms with Crippen LogP contribution in [0.5, 0.6) is 0 Å². The van der Waals surface area contributed by atoms with Gasteiger partial charge in [0.1, 0.15) is 0 Å². The minimum Gasteiger partial charge on any atom is -0.363 e. The van der Waals surface area contributed by atoms with E-state index in [9.17, 15) is 8.42 Å². The van der Waals surface area contributed by atoms with Gasteiger partial charge in [-0.3, -0.25) is 0 Å². The Morgan fingerprint density at radius 2 is 2.25 bits per heavy atom. The van der Waals surface area contributed by atoms with E-state index in [0.29, 0.717) is 6.54 Å². The predicted molar refractivity (Wildman–Crippen MR) is 71.1 cm³/mol. The van der Waals surface area contributed by atoms with Crippen molar-refractivity contribution in [2.75, 3.05) is 6.54 Å². The van der Waals surface area contributed by atoms with Gasteiger partial charge in [-0.05, 0) is 19.0 Å². The minimum absolute atomic E-state index is 0.00652. The molecule has 20 heavy (non-hydrogen) atoms. The number of hydrogen-bond acceptors (Lipinski definition) is 6.